The molecule has 4 bridgehead atoms. The molecule has 1 aromatic rings. The van der Waals surface area contributed by atoms with Gasteiger partial charge in [0.05, 0.1) is 10.3 Å². The van der Waals surface area contributed by atoms with Gasteiger partial charge in [-0.3, -0.25) is 14.9 Å². The average molecular weight is 345 g/mol. The Hall–Kier alpha value is -2.44. The van der Waals surface area contributed by atoms with E-state index in [1.54, 1.807) is 6.07 Å². The smallest absolute Gasteiger partial charge is 0.345 e. The Morgan fingerprint density at radius 2 is 1.80 bits per heavy atom. The molecule has 0 amide bonds. The highest BCUT2D eigenvalue weighted by molar-refractivity contribution is 5.94. The summed E-state index contributed by atoms with van der Waals surface area (Å²) in [6, 6.07) is 5.71. The Labute approximate surface area is 144 Å². The number of nitro benzene ring substituents is 1. The van der Waals surface area contributed by atoms with E-state index in [1.165, 1.54) is 18.2 Å². The van der Waals surface area contributed by atoms with Crippen LogP contribution in [0.3, 0.4) is 0 Å². The topological polar surface area (TPSA) is 107 Å². The Balaban J connectivity index is 1.64. The molecule has 4 aliphatic rings. The fourth-order valence-corrected chi connectivity index (χ4v) is 5.61. The number of hydrogen-bond donors (Lipinski definition) is 1. The van der Waals surface area contributed by atoms with Crippen molar-refractivity contribution in [1.29, 1.82) is 0 Å². The summed E-state index contributed by atoms with van der Waals surface area (Å²) >= 11 is 0. The standard InChI is InChI=1S/C18H19NO6/c20-15(13-3-1-2-4-14(13)19(23)24)25-18-8-11-5-12(9-18)7-17(6-11,10-18)16(21)22/h1-4,11-12H,5-10H2,(H,21,22). The fourth-order valence-electron chi connectivity index (χ4n) is 5.61. The quantitative estimate of drug-likeness (QED) is 0.510. The van der Waals surface area contributed by atoms with Gasteiger partial charge >= 0.3 is 11.9 Å². The summed E-state index contributed by atoms with van der Waals surface area (Å²) in [6.45, 7) is 0. The first-order valence-electron chi connectivity index (χ1n) is 8.53. The molecule has 0 aliphatic heterocycles. The Bertz CT molecular complexity index is 759. The predicted molar refractivity (Wildman–Crippen MR) is 86.0 cm³/mol. The maximum atomic E-state index is 12.7. The van der Waals surface area contributed by atoms with Gasteiger partial charge in [0.1, 0.15) is 11.2 Å². The molecule has 5 rings (SSSR count). The normalized spacial score (nSPS) is 35.4. The summed E-state index contributed by atoms with van der Waals surface area (Å²) in [5.74, 6) is -1.05. The average Bonchev–Trinajstić information content (AvgIpc) is 2.53. The van der Waals surface area contributed by atoms with Crippen molar-refractivity contribution in [1.82, 2.24) is 0 Å². The summed E-state index contributed by atoms with van der Waals surface area (Å²) < 4.78 is 5.80. The van der Waals surface area contributed by atoms with Crippen LogP contribution in [0.1, 0.15) is 48.9 Å². The van der Waals surface area contributed by atoms with Gasteiger partial charge < -0.3 is 9.84 Å². The number of carbonyl (C=O) groups excluding carboxylic acids is 1. The van der Waals surface area contributed by atoms with Gasteiger partial charge in [-0.15, -0.1) is 0 Å². The van der Waals surface area contributed by atoms with Gasteiger partial charge in [0.2, 0.25) is 0 Å². The third-order valence-corrected chi connectivity index (χ3v) is 6.09. The van der Waals surface area contributed by atoms with E-state index in [9.17, 15) is 24.8 Å². The lowest BCUT2D eigenvalue weighted by Crippen LogP contribution is -2.59. The second kappa shape index (κ2) is 5.28. The highest BCUT2D eigenvalue weighted by Gasteiger charge is 2.62. The van der Waals surface area contributed by atoms with Crippen LogP contribution in [-0.4, -0.2) is 27.6 Å². The minimum Gasteiger partial charge on any atom is -0.481 e. The van der Waals surface area contributed by atoms with Crippen LogP contribution < -0.4 is 0 Å². The van der Waals surface area contributed by atoms with Gasteiger partial charge in [-0.2, -0.15) is 0 Å². The van der Waals surface area contributed by atoms with Crippen molar-refractivity contribution in [2.45, 2.75) is 44.1 Å². The summed E-state index contributed by atoms with van der Waals surface area (Å²) in [5.41, 5.74) is -1.98. The molecular weight excluding hydrogens is 326 g/mol. The summed E-state index contributed by atoms with van der Waals surface area (Å²) in [4.78, 5) is 35.1. The SMILES string of the molecule is O=C(OC12CC3CC(C1)CC(C(=O)O)(C3)C2)c1ccccc1[N+](=O)[O-]. The zero-order valence-corrected chi connectivity index (χ0v) is 13.6. The minimum absolute atomic E-state index is 0.0763. The predicted octanol–water partition coefficient (Wildman–Crippen LogP) is 3.18. The maximum absolute atomic E-state index is 12.7. The van der Waals surface area contributed by atoms with Crippen molar-refractivity contribution in [2.75, 3.05) is 0 Å². The van der Waals surface area contributed by atoms with Crippen LogP contribution in [0.4, 0.5) is 5.69 Å². The lowest BCUT2D eigenvalue weighted by molar-refractivity contribution is -0.385. The molecule has 4 saturated carbocycles. The maximum Gasteiger partial charge on any atom is 0.345 e. The first kappa shape index (κ1) is 16.1. The molecule has 0 saturated heterocycles. The van der Waals surface area contributed by atoms with Crippen molar-refractivity contribution in [3.8, 4) is 0 Å². The number of rotatable bonds is 4. The second-order valence-electron chi connectivity index (χ2n) is 7.89. The van der Waals surface area contributed by atoms with Gasteiger partial charge in [0.25, 0.3) is 5.69 Å². The number of carboxylic acids is 1. The Morgan fingerprint density at radius 1 is 1.16 bits per heavy atom. The first-order valence-corrected chi connectivity index (χ1v) is 8.53. The Kier molecular flexibility index (Phi) is 3.39. The van der Waals surface area contributed by atoms with Gasteiger partial charge in [-0.25, -0.2) is 4.79 Å². The number of hydrogen-bond acceptors (Lipinski definition) is 5. The number of ether oxygens (including phenoxy) is 1. The van der Waals surface area contributed by atoms with Crippen LogP contribution in [0.2, 0.25) is 0 Å². The number of para-hydroxylation sites is 1. The van der Waals surface area contributed by atoms with E-state index in [2.05, 4.69) is 0 Å². The number of esters is 1. The molecule has 0 radical (unpaired) electrons. The monoisotopic (exact) mass is 345 g/mol. The molecule has 2 atom stereocenters. The number of carbonyl (C=O) groups is 2. The highest BCUT2D eigenvalue weighted by Crippen LogP contribution is 2.63. The van der Waals surface area contributed by atoms with E-state index in [-0.39, 0.29) is 23.1 Å². The molecule has 7 nitrogen and oxygen atoms in total. The minimum atomic E-state index is -0.813. The van der Waals surface area contributed by atoms with E-state index >= 15 is 0 Å². The molecule has 7 heteroatoms. The summed E-state index contributed by atoms with van der Waals surface area (Å²) in [7, 11) is 0. The molecule has 4 fully saturated rings. The van der Waals surface area contributed by atoms with Gasteiger partial charge in [0, 0.05) is 12.5 Å². The van der Waals surface area contributed by atoms with E-state index < -0.39 is 27.9 Å². The third-order valence-electron chi connectivity index (χ3n) is 6.09. The molecule has 132 valence electrons. The van der Waals surface area contributed by atoms with Crippen LogP contribution in [0, 0.1) is 27.4 Å². The van der Waals surface area contributed by atoms with Gasteiger partial charge in [0.15, 0.2) is 0 Å². The van der Waals surface area contributed by atoms with Crippen LogP contribution >= 0.6 is 0 Å². The lowest BCUT2D eigenvalue weighted by Gasteiger charge is -2.59. The van der Waals surface area contributed by atoms with Crippen LogP contribution in [0.15, 0.2) is 24.3 Å². The molecule has 1 N–H and O–H groups in total. The number of nitro groups is 1. The van der Waals surface area contributed by atoms with E-state index in [0.717, 1.165) is 6.42 Å². The fraction of sp³-hybridized carbons (Fsp3) is 0.556. The molecule has 0 aromatic heterocycles. The molecule has 1 aromatic carbocycles. The summed E-state index contributed by atoms with van der Waals surface area (Å²) in [6.07, 6.45) is 3.90. The van der Waals surface area contributed by atoms with Crippen molar-refractivity contribution in [2.24, 2.45) is 17.3 Å². The van der Waals surface area contributed by atoms with Crippen molar-refractivity contribution >= 4 is 17.6 Å². The number of benzene rings is 1. The highest BCUT2D eigenvalue weighted by atomic mass is 16.6. The first-order chi connectivity index (χ1) is 11.8. The van der Waals surface area contributed by atoms with Crippen molar-refractivity contribution in [3.05, 3.63) is 39.9 Å². The number of aliphatic carboxylic acids is 1. The summed E-state index contributed by atoms with van der Waals surface area (Å²) in [5, 5.41) is 20.9. The second-order valence-corrected chi connectivity index (χ2v) is 7.89. The van der Waals surface area contributed by atoms with Crippen molar-refractivity contribution in [3.63, 3.8) is 0 Å². The van der Waals surface area contributed by atoms with Gasteiger partial charge in [-0.1, -0.05) is 12.1 Å². The molecule has 25 heavy (non-hydrogen) atoms. The lowest BCUT2D eigenvalue weighted by atomic mass is 9.48. The third kappa shape index (κ3) is 2.49. The molecule has 0 spiro atoms. The zero-order chi connectivity index (χ0) is 17.8. The van der Waals surface area contributed by atoms with Crippen LogP contribution in [0.25, 0.3) is 0 Å². The number of nitrogens with zero attached hydrogens (tertiary/aromatic N) is 1. The van der Waals surface area contributed by atoms with Gasteiger partial charge in [-0.05, 0) is 50.0 Å². The molecule has 4 aliphatic carbocycles. The van der Waals surface area contributed by atoms with Crippen LogP contribution in [0.5, 0.6) is 0 Å². The number of carboxylic acid groups (broad SMARTS) is 1. The van der Waals surface area contributed by atoms with E-state index in [4.69, 9.17) is 4.74 Å². The van der Waals surface area contributed by atoms with Crippen molar-refractivity contribution < 1.29 is 24.4 Å². The molecule has 2 unspecified atom stereocenters. The van der Waals surface area contributed by atoms with Crippen LogP contribution in [-0.2, 0) is 9.53 Å². The Morgan fingerprint density at radius 3 is 2.40 bits per heavy atom. The van der Waals surface area contributed by atoms with E-state index in [0.29, 0.717) is 32.1 Å². The zero-order valence-electron chi connectivity index (χ0n) is 13.6. The largest absolute Gasteiger partial charge is 0.481 e. The molecular formula is C18H19NO6. The molecule has 0 heterocycles. The van der Waals surface area contributed by atoms with E-state index in [1.807, 2.05) is 0 Å².